The van der Waals surface area contributed by atoms with E-state index in [0.29, 0.717) is 11.3 Å². The summed E-state index contributed by atoms with van der Waals surface area (Å²) in [7, 11) is 0. The van der Waals surface area contributed by atoms with Crippen LogP contribution in [0.15, 0.2) is 30.3 Å². The maximum atomic E-state index is 9.39. The molecule has 1 aromatic rings. The van der Waals surface area contributed by atoms with Crippen LogP contribution in [0.25, 0.3) is 0 Å². The molecule has 0 bridgehead atoms. The zero-order valence-corrected chi connectivity index (χ0v) is 10.8. The van der Waals surface area contributed by atoms with E-state index in [-0.39, 0.29) is 0 Å². The molecular formula is C15H20N2. The van der Waals surface area contributed by atoms with Gasteiger partial charge in [0, 0.05) is 6.54 Å². The van der Waals surface area contributed by atoms with Crippen LogP contribution in [0.4, 0.5) is 0 Å². The Hall–Kier alpha value is -1.33. The Kier molecular flexibility index (Phi) is 2.97. The third kappa shape index (κ3) is 2.50. The largest absolute Gasteiger partial charge is 0.295 e. The molecule has 0 amide bonds. The van der Waals surface area contributed by atoms with Gasteiger partial charge in [0.2, 0.25) is 0 Å². The first kappa shape index (κ1) is 12.1. The molecule has 0 aliphatic heterocycles. The highest BCUT2D eigenvalue weighted by Crippen LogP contribution is 2.57. The Morgan fingerprint density at radius 1 is 1.41 bits per heavy atom. The average Bonchev–Trinajstić information content (AvgIpc) is 2.98. The van der Waals surface area contributed by atoms with Gasteiger partial charge in [-0.25, -0.2) is 0 Å². The van der Waals surface area contributed by atoms with Crippen molar-refractivity contribution in [2.45, 2.75) is 39.3 Å². The molecule has 1 saturated carbocycles. The number of benzene rings is 1. The van der Waals surface area contributed by atoms with Crippen molar-refractivity contribution in [1.29, 1.82) is 5.26 Å². The van der Waals surface area contributed by atoms with Crippen LogP contribution >= 0.6 is 0 Å². The molecule has 90 valence electrons. The Morgan fingerprint density at radius 2 is 2.00 bits per heavy atom. The predicted molar refractivity (Wildman–Crippen MR) is 69.2 cm³/mol. The van der Waals surface area contributed by atoms with Gasteiger partial charge in [-0.3, -0.25) is 5.32 Å². The highest BCUT2D eigenvalue weighted by Gasteiger charge is 2.56. The molecule has 2 atom stereocenters. The fourth-order valence-electron chi connectivity index (χ4n) is 2.57. The first-order valence-electron chi connectivity index (χ1n) is 6.18. The molecule has 2 heteroatoms. The van der Waals surface area contributed by atoms with Gasteiger partial charge in [-0.05, 0) is 30.2 Å². The number of rotatable bonds is 4. The minimum Gasteiger partial charge on any atom is -0.295 e. The van der Waals surface area contributed by atoms with Gasteiger partial charge in [0.05, 0.1) is 6.07 Å². The first-order valence-corrected chi connectivity index (χ1v) is 6.18. The van der Waals surface area contributed by atoms with E-state index in [0.717, 1.165) is 13.0 Å². The lowest BCUT2D eigenvalue weighted by Gasteiger charge is -2.25. The molecule has 0 saturated heterocycles. The normalized spacial score (nSPS) is 24.7. The summed E-state index contributed by atoms with van der Waals surface area (Å²) in [4.78, 5) is 0. The molecule has 0 heterocycles. The van der Waals surface area contributed by atoms with Crippen LogP contribution in [0.3, 0.4) is 0 Å². The third-order valence-electron chi connectivity index (χ3n) is 3.95. The summed E-state index contributed by atoms with van der Waals surface area (Å²) in [6.45, 7) is 7.25. The van der Waals surface area contributed by atoms with Crippen LogP contribution in [0.1, 0.15) is 32.8 Å². The molecule has 2 unspecified atom stereocenters. The summed E-state index contributed by atoms with van der Waals surface area (Å²) in [5.74, 6) is 0.462. The molecular weight excluding hydrogens is 208 g/mol. The lowest BCUT2D eigenvalue weighted by atomic mass is 9.91. The lowest BCUT2D eigenvalue weighted by Crippen LogP contribution is -2.43. The smallest absolute Gasteiger partial charge is 0.107 e. The zero-order chi connectivity index (χ0) is 12.5. The van der Waals surface area contributed by atoms with Crippen LogP contribution in [0, 0.1) is 22.7 Å². The fraction of sp³-hybridized carbons (Fsp3) is 0.533. The quantitative estimate of drug-likeness (QED) is 0.859. The van der Waals surface area contributed by atoms with E-state index in [4.69, 9.17) is 0 Å². The fourth-order valence-corrected chi connectivity index (χ4v) is 2.57. The highest BCUT2D eigenvalue weighted by atomic mass is 15.0. The second kappa shape index (κ2) is 4.16. The maximum absolute atomic E-state index is 9.39. The standard InChI is InChI=1S/C15H20N2/c1-14(2)9-13(14)15(3,11-16)17-10-12-7-5-4-6-8-12/h4-8,13,17H,9-10H2,1-3H3. The van der Waals surface area contributed by atoms with Gasteiger partial charge in [0.25, 0.3) is 0 Å². The minimum atomic E-state index is -0.403. The van der Waals surface area contributed by atoms with E-state index in [9.17, 15) is 5.26 Å². The summed E-state index contributed by atoms with van der Waals surface area (Å²) < 4.78 is 0. The van der Waals surface area contributed by atoms with Crippen molar-refractivity contribution >= 4 is 0 Å². The van der Waals surface area contributed by atoms with Crippen molar-refractivity contribution in [3.05, 3.63) is 35.9 Å². The van der Waals surface area contributed by atoms with E-state index in [1.165, 1.54) is 5.56 Å². The van der Waals surface area contributed by atoms with Crippen molar-refractivity contribution in [2.24, 2.45) is 11.3 Å². The zero-order valence-electron chi connectivity index (χ0n) is 10.8. The van der Waals surface area contributed by atoms with Gasteiger partial charge >= 0.3 is 0 Å². The lowest BCUT2D eigenvalue weighted by molar-refractivity contribution is 0.347. The van der Waals surface area contributed by atoms with Crippen molar-refractivity contribution < 1.29 is 0 Å². The van der Waals surface area contributed by atoms with Gasteiger partial charge in [0.1, 0.15) is 5.54 Å². The summed E-state index contributed by atoms with van der Waals surface area (Å²) >= 11 is 0. The first-order chi connectivity index (χ1) is 7.98. The molecule has 0 spiro atoms. The molecule has 2 rings (SSSR count). The number of nitrogens with zero attached hydrogens (tertiary/aromatic N) is 1. The molecule has 17 heavy (non-hydrogen) atoms. The topological polar surface area (TPSA) is 35.8 Å². The van der Waals surface area contributed by atoms with Crippen molar-refractivity contribution in [1.82, 2.24) is 5.32 Å². The van der Waals surface area contributed by atoms with E-state index < -0.39 is 5.54 Å². The third-order valence-corrected chi connectivity index (χ3v) is 3.95. The molecule has 1 N–H and O–H groups in total. The Bertz CT molecular complexity index is 430. The molecule has 1 aliphatic carbocycles. The second-order valence-corrected chi connectivity index (χ2v) is 5.90. The van der Waals surface area contributed by atoms with Crippen molar-refractivity contribution in [3.63, 3.8) is 0 Å². The predicted octanol–water partition coefficient (Wildman–Crippen LogP) is 3.10. The SMILES string of the molecule is CC1(C)CC1C(C)(C#N)NCc1ccccc1. The van der Waals surface area contributed by atoms with Gasteiger partial charge < -0.3 is 0 Å². The van der Waals surface area contributed by atoms with E-state index in [2.05, 4.69) is 37.4 Å². The van der Waals surface area contributed by atoms with Crippen LogP contribution < -0.4 is 5.32 Å². The Morgan fingerprint density at radius 3 is 2.47 bits per heavy atom. The molecule has 1 fully saturated rings. The van der Waals surface area contributed by atoms with Gasteiger partial charge in [-0.2, -0.15) is 5.26 Å². The van der Waals surface area contributed by atoms with Crippen LogP contribution in [0.5, 0.6) is 0 Å². The number of nitriles is 1. The van der Waals surface area contributed by atoms with Crippen molar-refractivity contribution in [3.8, 4) is 6.07 Å². The summed E-state index contributed by atoms with van der Waals surface area (Å²) in [5.41, 5.74) is 1.14. The minimum absolute atomic E-state index is 0.314. The van der Waals surface area contributed by atoms with Gasteiger partial charge in [0.15, 0.2) is 0 Å². The number of nitrogens with one attached hydrogen (secondary N) is 1. The van der Waals surface area contributed by atoms with Crippen LogP contribution in [-0.2, 0) is 6.54 Å². The molecule has 1 aliphatic rings. The number of hydrogen-bond acceptors (Lipinski definition) is 2. The summed E-state index contributed by atoms with van der Waals surface area (Å²) in [5, 5.41) is 12.8. The molecule has 2 nitrogen and oxygen atoms in total. The van der Waals surface area contributed by atoms with Gasteiger partial charge in [-0.15, -0.1) is 0 Å². The monoisotopic (exact) mass is 228 g/mol. The molecule has 1 aromatic carbocycles. The Balaban J connectivity index is 2.00. The van der Waals surface area contributed by atoms with Gasteiger partial charge in [-0.1, -0.05) is 44.2 Å². The maximum Gasteiger partial charge on any atom is 0.107 e. The Labute approximate surface area is 104 Å². The van der Waals surface area contributed by atoms with E-state index in [1.807, 2.05) is 25.1 Å². The van der Waals surface area contributed by atoms with Crippen LogP contribution in [-0.4, -0.2) is 5.54 Å². The summed E-state index contributed by atoms with van der Waals surface area (Å²) in [6.07, 6.45) is 1.14. The molecule has 0 radical (unpaired) electrons. The van der Waals surface area contributed by atoms with E-state index in [1.54, 1.807) is 0 Å². The summed E-state index contributed by atoms with van der Waals surface area (Å²) in [6, 6.07) is 12.7. The van der Waals surface area contributed by atoms with Crippen molar-refractivity contribution in [2.75, 3.05) is 0 Å². The van der Waals surface area contributed by atoms with E-state index >= 15 is 0 Å². The molecule has 0 aromatic heterocycles. The number of hydrogen-bond donors (Lipinski definition) is 1. The average molecular weight is 228 g/mol. The highest BCUT2D eigenvalue weighted by molar-refractivity contribution is 5.21. The van der Waals surface area contributed by atoms with Crippen LogP contribution in [0.2, 0.25) is 0 Å². The second-order valence-electron chi connectivity index (χ2n) is 5.90.